The summed E-state index contributed by atoms with van der Waals surface area (Å²) >= 11 is 0. The van der Waals surface area contributed by atoms with Crippen LogP contribution in [0.25, 0.3) is 0 Å². The summed E-state index contributed by atoms with van der Waals surface area (Å²) < 4.78 is 32.0. The molecule has 1 unspecified atom stereocenters. The van der Waals surface area contributed by atoms with E-state index in [0.29, 0.717) is 43.6 Å². The van der Waals surface area contributed by atoms with Crippen molar-refractivity contribution in [2.24, 2.45) is 5.92 Å². The van der Waals surface area contributed by atoms with Crippen LogP contribution in [0, 0.1) is 17.6 Å². The lowest BCUT2D eigenvalue weighted by atomic mass is 9.87. The van der Waals surface area contributed by atoms with Gasteiger partial charge in [0.2, 0.25) is 0 Å². The molecule has 0 bridgehead atoms. The van der Waals surface area contributed by atoms with Crippen LogP contribution < -0.4 is 4.74 Å². The van der Waals surface area contributed by atoms with E-state index in [1.54, 1.807) is 0 Å². The van der Waals surface area contributed by atoms with Crippen molar-refractivity contribution < 1.29 is 38.1 Å². The maximum atomic E-state index is 13.3. The van der Waals surface area contributed by atoms with E-state index in [1.165, 1.54) is 36.4 Å². The van der Waals surface area contributed by atoms with E-state index in [1.807, 2.05) is 11.0 Å². The Hall–Kier alpha value is -3.85. The Morgan fingerprint density at radius 2 is 1.62 bits per heavy atom. The number of carboxylic acids is 2. The van der Waals surface area contributed by atoms with Gasteiger partial charge in [-0.25, -0.2) is 18.4 Å². The number of halogens is 2. The second-order valence-electron chi connectivity index (χ2n) is 7.73. The molecule has 0 aliphatic carbocycles. The molecule has 0 fully saturated rings. The van der Waals surface area contributed by atoms with Crippen molar-refractivity contribution in [3.63, 3.8) is 0 Å². The summed E-state index contributed by atoms with van der Waals surface area (Å²) in [6.07, 6.45) is 2.97. The van der Waals surface area contributed by atoms with Gasteiger partial charge in [-0.3, -0.25) is 9.69 Å². The normalized spacial score (nSPS) is 15.4. The van der Waals surface area contributed by atoms with Gasteiger partial charge in [-0.1, -0.05) is 0 Å². The number of nitrogens with zero attached hydrogens (tertiary/aromatic N) is 1. The molecular formula is C25H23F2NO6. The van der Waals surface area contributed by atoms with Crippen LogP contribution in [0.1, 0.15) is 23.2 Å². The molecule has 7 nitrogen and oxygen atoms in total. The number of Topliss-reactive ketones (excluding diaryl/α,β-unsaturated/α-hetero) is 1. The molecule has 0 spiro atoms. The van der Waals surface area contributed by atoms with Crippen molar-refractivity contribution in [1.29, 1.82) is 0 Å². The number of ether oxygens (including phenoxy) is 1. The molecular weight excluding hydrogens is 448 g/mol. The van der Waals surface area contributed by atoms with Crippen molar-refractivity contribution in [2.45, 2.75) is 12.8 Å². The maximum absolute atomic E-state index is 13.3. The highest BCUT2D eigenvalue weighted by Gasteiger charge is 2.30. The monoisotopic (exact) mass is 471 g/mol. The minimum absolute atomic E-state index is 0.0591. The topological polar surface area (TPSA) is 104 Å². The number of rotatable bonds is 10. The number of ketones is 1. The van der Waals surface area contributed by atoms with Gasteiger partial charge in [0.1, 0.15) is 23.1 Å². The molecule has 1 aliphatic heterocycles. The Bertz CT molecular complexity index is 1110. The molecule has 0 saturated carbocycles. The van der Waals surface area contributed by atoms with E-state index in [4.69, 9.17) is 9.84 Å². The van der Waals surface area contributed by atoms with Gasteiger partial charge in [-0.05, 0) is 67.6 Å². The maximum Gasteiger partial charge on any atom is 0.332 e. The zero-order valence-electron chi connectivity index (χ0n) is 18.1. The van der Waals surface area contributed by atoms with E-state index in [-0.39, 0.29) is 17.8 Å². The van der Waals surface area contributed by atoms with E-state index >= 15 is 0 Å². The zero-order valence-corrected chi connectivity index (χ0v) is 18.1. The summed E-state index contributed by atoms with van der Waals surface area (Å²) in [5.74, 6) is -4.49. The Balaban J connectivity index is 1.70. The van der Waals surface area contributed by atoms with Gasteiger partial charge in [-0.2, -0.15) is 0 Å². The van der Waals surface area contributed by atoms with Gasteiger partial charge in [0.25, 0.3) is 0 Å². The number of carbonyl (C=O) groups is 3. The molecule has 2 N–H and O–H groups in total. The fourth-order valence-electron chi connectivity index (χ4n) is 3.64. The predicted molar refractivity (Wildman–Crippen MR) is 118 cm³/mol. The highest BCUT2D eigenvalue weighted by atomic mass is 19.1. The molecule has 0 radical (unpaired) electrons. The van der Waals surface area contributed by atoms with Gasteiger partial charge in [0.05, 0.1) is 11.5 Å². The minimum Gasteiger partial charge on any atom is -0.478 e. The average molecular weight is 471 g/mol. The molecule has 1 atom stereocenters. The zero-order chi connectivity index (χ0) is 24.7. The van der Waals surface area contributed by atoms with Crippen LogP contribution in [0.4, 0.5) is 8.78 Å². The smallest absolute Gasteiger partial charge is 0.332 e. The molecule has 0 aromatic heterocycles. The second kappa shape index (κ2) is 11.3. The van der Waals surface area contributed by atoms with E-state index in [0.717, 1.165) is 12.1 Å². The molecule has 0 amide bonds. The predicted octanol–water partition coefficient (Wildman–Crippen LogP) is 3.92. The van der Waals surface area contributed by atoms with Crippen molar-refractivity contribution >= 4 is 17.7 Å². The fraction of sp³-hybridized carbons (Fsp3) is 0.240. The Labute approximate surface area is 194 Å². The van der Waals surface area contributed by atoms with Crippen LogP contribution >= 0.6 is 0 Å². The van der Waals surface area contributed by atoms with Crippen LogP contribution in [0.5, 0.6) is 5.75 Å². The Kier molecular flexibility index (Phi) is 8.26. The summed E-state index contributed by atoms with van der Waals surface area (Å²) in [5, 5.41) is 18.7. The lowest BCUT2D eigenvalue weighted by molar-refractivity contribution is -0.135. The quantitative estimate of drug-likeness (QED) is 0.400. The molecule has 178 valence electrons. The summed E-state index contributed by atoms with van der Waals surface area (Å²) in [6.45, 7) is 1.36. The van der Waals surface area contributed by atoms with E-state index in [2.05, 4.69) is 0 Å². The third-order valence-corrected chi connectivity index (χ3v) is 5.39. The second-order valence-corrected chi connectivity index (χ2v) is 7.73. The molecule has 2 aromatic carbocycles. The third-order valence-electron chi connectivity index (χ3n) is 5.39. The Morgan fingerprint density at radius 3 is 2.15 bits per heavy atom. The van der Waals surface area contributed by atoms with Crippen LogP contribution in [-0.2, 0) is 9.59 Å². The fourth-order valence-corrected chi connectivity index (χ4v) is 3.64. The molecule has 2 aromatic rings. The summed E-state index contributed by atoms with van der Waals surface area (Å²) in [7, 11) is 0. The number of hydrogen-bond acceptors (Lipinski definition) is 5. The number of carbonyl (C=O) groups excluding carboxylic acids is 1. The van der Waals surface area contributed by atoms with Crippen LogP contribution in [0.3, 0.4) is 0 Å². The first kappa shape index (κ1) is 24.8. The molecule has 9 heteroatoms. The number of carboxylic acid groups (broad SMARTS) is 2. The lowest BCUT2D eigenvalue weighted by Gasteiger charge is -2.27. The van der Waals surface area contributed by atoms with Gasteiger partial charge >= 0.3 is 11.9 Å². The largest absolute Gasteiger partial charge is 0.478 e. The number of hydrogen-bond donors (Lipinski definition) is 2. The minimum atomic E-state index is -1.50. The van der Waals surface area contributed by atoms with Gasteiger partial charge in [0, 0.05) is 31.1 Å². The first-order valence-corrected chi connectivity index (χ1v) is 10.6. The van der Waals surface area contributed by atoms with Crippen molar-refractivity contribution in [2.75, 3.05) is 19.6 Å². The SMILES string of the molecule is O=C(O)C=C(C(=O)O)C(CCN1CC=C(Oc2ccc(F)cc2)CC1)C(=O)c1ccc(F)cc1. The summed E-state index contributed by atoms with van der Waals surface area (Å²) in [5.41, 5.74) is -0.438. The van der Waals surface area contributed by atoms with Crippen molar-refractivity contribution in [3.05, 3.63) is 89.2 Å². The van der Waals surface area contributed by atoms with Crippen molar-refractivity contribution in [1.82, 2.24) is 4.90 Å². The lowest BCUT2D eigenvalue weighted by Crippen LogP contribution is -2.34. The number of aliphatic carboxylic acids is 2. The molecule has 1 aliphatic rings. The average Bonchev–Trinajstić information content (AvgIpc) is 2.81. The summed E-state index contributed by atoms with van der Waals surface area (Å²) in [6, 6.07) is 10.3. The van der Waals surface area contributed by atoms with Gasteiger partial charge in [0.15, 0.2) is 5.78 Å². The molecule has 3 rings (SSSR count). The van der Waals surface area contributed by atoms with E-state index < -0.39 is 35.0 Å². The van der Waals surface area contributed by atoms with Crippen LogP contribution in [-0.4, -0.2) is 52.5 Å². The van der Waals surface area contributed by atoms with Gasteiger partial charge in [-0.15, -0.1) is 0 Å². The van der Waals surface area contributed by atoms with Crippen LogP contribution in [0.2, 0.25) is 0 Å². The van der Waals surface area contributed by atoms with E-state index in [9.17, 15) is 28.3 Å². The molecule has 0 saturated heterocycles. The summed E-state index contributed by atoms with van der Waals surface area (Å²) in [4.78, 5) is 37.9. The first-order valence-electron chi connectivity index (χ1n) is 10.6. The van der Waals surface area contributed by atoms with Crippen LogP contribution in [0.15, 0.2) is 72.0 Å². The Morgan fingerprint density at radius 1 is 1.00 bits per heavy atom. The highest BCUT2D eigenvalue weighted by Crippen LogP contribution is 2.24. The molecule has 1 heterocycles. The standard InChI is InChI=1S/C25H23F2NO6/c26-17-3-1-16(2-4-17)24(31)21(22(25(32)33)15-23(29)30)11-14-28-12-9-20(10-13-28)34-19-7-5-18(27)6-8-19/h1-9,15,21H,10-14H2,(H,29,30)(H,32,33). The van der Waals surface area contributed by atoms with Crippen molar-refractivity contribution in [3.8, 4) is 5.75 Å². The first-order chi connectivity index (χ1) is 16.2. The third kappa shape index (κ3) is 6.82. The van der Waals surface area contributed by atoms with Gasteiger partial charge < -0.3 is 14.9 Å². The molecule has 34 heavy (non-hydrogen) atoms. The highest BCUT2D eigenvalue weighted by molar-refractivity contribution is 6.07. The number of benzene rings is 2.